The van der Waals surface area contributed by atoms with E-state index in [2.05, 4.69) is 28.7 Å². The van der Waals surface area contributed by atoms with Gasteiger partial charge in [0.25, 0.3) is 0 Å². The van der Waals surface area contributed by atoms with E-state index in [1.54, 1.807) is 11.3 Å². The molecule has 0 fully saturated rings. The van der Waals surface area contributed by atoms with Crippen molar-refractivity contribution >= 4 is 54.1 Å². The maximum Gasteiger partial charge on any atom is 0.195 e. The molecule has 0 bridgehead atoms. The second-order valence-electron chi connectivity index (χ2n) is 3.57. The maximum atomic E-state index is 12.2. The fourth-order valence-corrected chi connectivity index (χ4v) is 3.59. The van der Waals surface area contributed by atoms with Crippen molar-refractivity contribution in [2.24, 2.45) is 0 Å². The lowest BCUT2D eigenvalue weighted by Crippen LogP contribution is -2.00. The van der Waals surface area contributed by atoms with Crippen LogP contribution in [0.5, 0.6) is 0 Å². The fraction of sp³-hybridized carbons (Fsp3) is 0. The molecule has 16 heavy (non-hydrogen) atoms. The number of benzene rings is 2. The highest BCUT2D eigenvalue weighted by atomic mass is 127. The molecule has 0 aliphatic rings. The van der Waals surface area contributed by atoms with Crippen LogP contribution in [-0.4, -0.2) is 0 Å². The molecule has 0 saturated heterocycles. The second-order valence-corrected chi connectivity index (χ2v) is 5.90. The van der Waals surface area contributed by atoms with E-state index in [4.69, 9.17) is 0 Å². The van der Waals surface area contributed by atoms with Crippen LogP contribution in [0.25, 0.3) is 20.2 Å². The molecule has 0 atom stereocenters. The quantitative estimate of drug-likeness (QED) is 0.447. The van der Waals surface area contributed by atoms with E-state index in [0.29, 0.717) is 0 Å². The molecule has 3 rings (SSSR count). The molecule has 0 spiro atoms. The predicted octanol–water partition coefficient (Wildman–Crippen LogP) is 4.02. The molecule has 3 heteroatoms. The average molecular weight is 338 g/mol. The van der Waals surface area contributed by atoms with Gasteiger partial charge >= 0.3 is 0 Å². The van der Waals surface area contributed by atoms with Crippen LogP contribution in [-0.2, 0) is 0 Å². The fourth-order valence-electron chi connectivity index (χ4n) is 1.77. The van der Waals surface area contributed by atoms with Gasteiger partial charge in [0.2, 0.25) is 0 Å². The summed E-state index contributed by atoms with van der Waals surface area (Å²) in [4.78, 5) is 12.2. The normalized spacial score (nSPS) is 11.1. The average Bonchev–Trinajstić information content (AvgIpc) is 2.29. The summed E-state index contributed by atoms with van der Waals surface area (Å²) in [7, 11) is 0. The van der Waals surface area contributed by atoms with Crippen molar-refractivity contribution in [2.75, 3.05) is 0 Å². The number of halogens is 1. The second kappa shape index (κ2) is 3.82. The van der Waals surface area contributed by atoms with Gasteiger partial charge in [0.15, 0.2) is 5.43 Å². The minimum absolute atomic E-state index is 0.140. The Hall–Kier alpha value is -0.940. The van der Waals surface area contributed by atoms with E-state index in [0.717, 1.165) is 23.7 Å². The van der Waals surface area contributed by atoms with Crippen LogP contribution in [0.1, 0.15) is 0 Å². The Bertz CT molecular complexity index is 746. The van der Waals surface area contributed by atoms with E-state index < -0.39 is 0 Å². The SMILES string of the molecule is O=c1c2ccccc2sc2cc(I)ccc12. The van der Waals surface area contributed by atoms with Crippen LogP contribution < -0.4 is 5.43 Å². The molecule has 0 N–H and O–H groups in total. The summed E-state index contributed by atoms with van der Waals surface area (Å²) in [5, 5.41) is 1.64. The van der Waals surface area contributed by atoms with Crippen molar-refractivity contribution in [1.82, 2.24) is 0 Å². The zero-order chi connectivity index (χ0) is 11.1. The zero-order valence-corrected chi connectivity index (χ0v) is 11.2. The van der Waals surface area contributed by atoms with Gasteiger partial charge in [-0.15, -0.1) is 11.3 Å². The molecule has 2 aromatic carbocycles. The first-order valence-electron chi connectivity index (χ1n) is 4.87. The first kappa shape index (κ1) is 10.2. The minimum Gasteiger partial charge on any atom is -0.289 e. The highest BCUT2D eigenvalue weighted by Gasteiger charge is 2.04. The van der Waals surface area contributed by atoms with Gasteiger partial charge < -0.3 is 0 Å². The summed E-state index contributed by atoms with van der Waals surface area (Å²) in [6.45, 7) is 0. The molecule has 0 aliphatic carbocycles. The van der Waals surface area contributed by atoms with E-state index in [1.165, 1.54) is 0 Å². The van der Waals surface area contributed by atoms with Gasteiger partial charge in [-0.1, -0.05) is 12.1 Å². The number of fused-ring (bicyclic) bond motifs is 2. The van der Waals surface area contributed by atoms with Gasteiger partial charge in [-0.05, 0) is 52.9 Å². The van der Waals surface area contributed by atoms with Gasteiger partial charge in [-0.3, -0.25) is 4.79 Å². The molecule has 1 heterocycles. The summed E-state index contributed by atoms with van der Waals surface area (Å²) in [5.74, 6) is 0. The van der Waals surface area contributed by atoms with Crippen molar-refractivity contribution in [1.29, 1.82) is 0 Å². The third-order valence-electron chi connectivity index (χ3n) is 2.54. The molecule has 1 aromatic heterocycles. The lowest BCUT2D eigenvalue weighted by Gasteiger charge is -2.00. The lowest BCUT2D eigenvalue weighted by atomic mass is 10.2. The van der Waals surface area contributed by atoms with Crippen LogP contribution >= 0.6 is 33.9 Å². The highest BCUT2D eigenvalue weighted by molar-refractivity contribution is 14.1. The molecule has 0 unspecified atom stereocenters. The van der Waals surface area contributed by atoms with Gasteiger partial charge in [-0.25, -0.2) is 0 Å². The van der Waals surface area contributed by atoms with Crippen LogP contribution in [0.3, 0.4) is 0 Å². The number of hydrogen-bond acceptors (Lipinski definition) is 2. The van der Waals surface area contributed by atoms with Crippen molar-refractivity contribution < 1.29 is 0 Å². The largest absolute Gasteiger partial charge is 0.289 e. The number of rotatable bonds is 0. The molecule has 3 aromatic rings. The number of hydrogen-bond donors (Lipinski definition) is 0. The maximum absolute atomic E-state index is 12.2. The molecule has 1 nitrogen and oxygen atoms in total. The molecule has 78 valence electrons. The highest BCUT2D eigenvalue weighted by Crippen LogP contribution is 2.25. The van der Waals surface area contributed by atoms with Crippen LogP contribution in [0.15, 0.2) is 47.3 Å². The van der Waals surface area contributed by atoms with Crippen molar-refractivity contribution in [3.8, 4) is 0 Å². The summed E-state index contributed by atoms with van der Waals surface area (Å²) < 4.78 is 3.29. The van der Waals surface area contributed by atoms with Gasteiger partial charge in [0, 0.05) is 23.7 Å². The predicted molar refractivity (Wildman–Crippen MR) is 78.3 cm³/mol. The summed E-state index contributed by atoms with van der Waals surface area (Å²) in [6, 6.07) is 13.7. The monoisotopic (exact) mass is 338 g/mol. The van der Waals surface area contributed by atoms with Gasteiger partial charge in [0.1, 0.15) is 0 Å². The molecule has 0 radical (unpaired) electrons. The Balaban J connectivity index is 2.61. The van der Waals surface area contributed by atoms with Crippen LogP contribution in [0.4, 0.5) is 0 Å². The van der Waals surface area contributed by atoms with Crippen LogP contribution in [0, 0.1) is 3.57 Å². The van der Waals surface area contributed by atoms with Crippen molar-refractivity contribution in [3.63, 3.8) is 0 Å². The van der Waals surface area contributed by atoms with Crippen LogP contribution in [0.2, 0.25) is 0 Å². The Morgan fingerprint density at radius 2 is 1.69 bits per heavy atom. The Kier molecular flexibility index (Phi) is 2.44. The smallest absolute Gasteiger partial charge is 0.195 e. The standard InChI is InChI=1S/C13H7IOS/c14-8-5-6-10-12(7-8)16-11-4-2-1-3-9(11)13(10)15/h1-7H. The van der Waals surface area contributed by atoms with Crippen molar-refractivity contribution in [2.45, 2.75) is 0 Å². The zero-order valence-electron chi connectivity index (χ0n) is 8.24. The molecular formula is C13H7IOS. The first-order valence-corrected chi connectivity index (χ1v) is 6.76. The summed E-state index contributed by atoms with van der Waals surface area (Å²) in [6.07, 6.45) is 0. The van der Waals surface area contributed by atoms with E-state index in [-0.39, 0.29) is 5.43 Å². The minimum atomic E-state index is 0.140. The van der Waals surface area contributed by atoms with Crippen molar-refractivity contribution in [3.05, 3.63) is 56.3 Å². The Morgan fingerprint density at radius 3 is 2.56 bits per heavy atom. The Morgan fingerprint density at radius 1 is 0.938 bits per heavy atom. The molecule has 0 aliphatic heterocycles. The van der Waals surface area contributed by atoms with Gasteiger partial charge in [-0.2, -0.15) is 0 Å². The molecule has 0 saturated carbocycles. The van der Waals surface area contributed by atoms with E-state index in [1.807, 2.05) is 36.4 Å². The topological polar surface area (TPSA) is 17.1 Å². The third-order valence-corrected chi connectivity index (χ3v) is 4.34. The summed E-state index contributed by atoms with van der Waals surface area (Å²) >= 11 is 3.94. The lowest BCUT2D eigenvalue weighted by molar-refractivity contribution is 1.71. The first-order chi connectivity index (χ1) is 7.75. The van der Waals surface area contributed by atoms with E-state index in [9.17, 15) is 4.79 Å². The van der Waals surface area contributed by atoms with Gasteiger partial charge in [0.05, 0.1) is 0 Å². The van der Waals surface area contributed by atoms with E-state index >= 15 is 0 Å². The Labute approximate surface area is 110 Å². The molecule has 0 amide bonds. The summed E-state index contributed by atoms with van der Waals surface area (Å²) in [5.41, 5.74) is 0.140. The third kappa shape index (κ3) is 1.55. The molecular weight excluding hydrogens is 331 g/mol.